The number of methoxy groups -OCH3 is 1. The lowest BCUT2D eigenvalue weighted by Crippen LogP contribution is -2.08. The van der Waals surface area contributed by atoms with Crippen LogP contribution < -0.4 is 0 Å². The molecular weight excluding hydrogens is 330 g/mol. The Morgan fingerprint density at radius 1 is 1.23 bits per heavy atom. The van der Waals surface area contributed by atoms with E-state index in [0.717, 1.165) is 11.1 Å². The van der Waals surface area contributed by atoms with E-state index in [9.17, 15) is 14.7 Å². The maximum Gasteiger partial charge on any atom is 0.340 e. The molecule has 0 radical (unpaired) electrons. The monoisotopic (exact) mass is 351 g/mol. The fourth-order valence-electron chi connectivity index (χ4n) is 3.41. The van der Waals surface area contributed by atoms with Gasteiger partial charge >= 0.3 is 5.97 Å². The van der Waals surface area contributed by atoms with Gasteiger partial charge in [0.05, 0.1) is 18.2 Å². The summed E-state index contributed by atoms with van der Waals surface area (Å²) in [6, 6.07) is 7.46. The molecular formula is C21H21NO4. The van der Waals surface area contributed by atoms with Gasteiger partial charge in [-0.15, -0.1) is 0 Å². The molecule has 0 spiro atoms. The molecule has 1 aliphatic carbocycles. The zero-order valence-corrected chi connectivity index (χ0v) is 15.2. The summed E-state index contributed by atoms with van der Waals surface area (Å²) in [4.78, 5) is 24.8. The molecule has 0 aliphatic heterocycles. The molecule has 134 valence electrons. The molecule has 5 heteroatoms. The Morgan fingerprint density at radius 3 is 2.58 bits per heavy atom. The molecule has 0 saturated heterocycles. The molecule has 1 aromatic heterocycles. The van der Waals surface area contributed by atoms with Gasteiger partial charge in [-0.05, 0) is 44.1 Å². The lowest BCUT2D eigenvalue weighted by Gasteiger charge is -2.13. The van der Waals surface area contributed by atoms with Crippen molar-refractivity contribution in [3.8, 4) is 5.88 Å². The maximum absolute atomic E-state index is 12.5. The van der Waals surface area contributed by atoms with Crippen LogP contribution in [0, 0.1) is 6.92 Å². The predicted molar refractivity (Wildman–Crippen MR) is 101 cm³/mol. The lowest BCUT2D eigenvalue weighted by atomic mass is 9.90. The van der Waals surface area contributed by atoms with Gasteiger partial charge in [-0.3, -0.25) is 4.79 Å². The van der Waals surface area contributed by atoms with Crippen LogP contribution in [0.4, 0.5) is 0 Å². The summed E-state index contributed by atoms with van der Waals surface area (Å²) in [5, 5.41) is 10.8. The third kappa shape index (κ3) is 2.75. The molecule has 3 rings (SSSR count). The van der Waals surface area contributed by atoms with Gasteiger partial charge in [-0.25, -0.2) is 4.79 Å². The summed E-state index contributed by atoms with van der Waals surface area (Å²) in [7, 11) is 1.30. The molecule has 1 heterocycles. The fourth-order valence-corrected chi connectivity index (χ4v) is 3.41. The molecule has 0 saturated carbocycles. The highest BCUT2D eigenvalue weighted by Crippen LogP contribution is 2.37. The van der Waals surface area contributed by atoms with Crippen LogP contribution in [-0.4, -0.2) is 28.5 Å². The van der Waals surface area contributed by atoms with Gasteiger partial charge in [0, 0.05) is 17.3 Å². The van der Waals surface area contributed by atoms with E-state index < -0.39 is 5.97 Å². The lowest BCUT2D eigenvalue weighted by molar-refractivity contribution is -0.109. The second-order valence-corrected chi connectivity index (χ2v) is 6.50. The van der Waals surface area contributed by atoms with Crippen LogP contribution in [0.5, 0.6) is 5.88 Å². The smallest absolute Gasteiger partial charge is 0.340 e. The molecule has 5 nitrogen and oxygen atoms in total. The highest BCUT2D eigenvalue weighted by molar-refractivity contribution is 6.33. The van der Waals surface area contributed by atoms with E-state index in [0.29, 0.717) is 16.8 Å². The number of benzene rings is 1. The van der Waals surface area contributed by atoms with E-state index in [-0.39, 0.29) is 23.3 Å². The first-order valence-electron chi connectivity index (χ1n) is 8.42. The zero-order valence-electron chi connectivity index (χ0n) is 15.2. The normalized spacial score (nSPS) is 14.8. The van der Waals surface area contributed by atoms with Gasteiger partial charge in [0.25, 0.3) is 0 Å². The number of aromatic nitrogens is 1. The molecule has 0 unspecified atom stereocenters. The summed E-state index contributed by atoms with van der Waals surface area (Å²) >= 11 is 0. The Labute approximate surface area is 152 Å². The van der Waals surface area contributed by atoms with Crippen molar-refractivity contribution in [2.75, 3.05) is 7.11 Å². The Kier molecular flexibility index (Phi) is 4.55. The zero-order chi connectivity index (χ0) is 19.0. The molecule has 26 heavy (non-hydrogen) atoms. The average Bonchev–Trinajstić information content (AvgIpc) is 2.86. The van der Waals surface area contributed by atoms with Crippen molar-refractivity contribution in [3.63, 3.8) is 0 Å². The Bertz CT molecular complexity index is 961. The number of rotatable bonds is 3. The third-order valence-electron chi connectivity index (χ3n) is 4.59. The van der Waals surface area contributed by atoms with E-state index >= 15 is 0 Å². The summed E-state index contributed by atoms with van der Waals surface area (Å²) in [6.45, 7) is 5.58. The van der Waals surface area contributed by atoms with E-state index in [1.165, 1.54) is 13.2 Å². The van der Waals surface area contributed by atoms with E-state index in [4.69, 9.17) is 4.74 Å². The van der Waals surface area contributed by atoms with Gasteiger partial charge in [0.15, 0.2) is 11.7 Å². The van der Waals surface area contributed by atoms with Crippen molar-refractivity contribution >= 4 is 29.5 Å². The van der Waals surface area contributed by atoms with E-state index in [1.807, 2.05) is 38.1 Å². The largest absolute Gasteiger partial charge is 0.494 e. The predicted octanol–water partition coefficient (Wildman–Crippen LogP) is 4.01. The number of aromatic hydroxyl groups is 1. The van der Waals surface area contributed by atoms with Crippen molar-refractivity contribution in [1.29, 1.82) is 0 Å². The number of ketones is 1. The minimum Gasteiger partial charge on any atom is -0.494 e. The third-order valence-corrected chi connectivity index (χ3v) is 4.59. The highest BCUT2D eigenvalue weighted by atomic mass is 16.5. The second kappa shape index (κ2) is 6.67. The second-order valence-electron chi connectivity index (χ2n) is 6.50. The first kappa shape index (κ1) is 17.7. The number of hydrogen-bond donors (Lipinski definition) is 1. The summed E-state index contributed by atoms with van der Waals surface area (Å²) < 4.78 is 6.56. The van der Waals surface area contributed by atoms with E-state index in [1.54, 1.807) is 23.6 Å². The minimum absolute atomic E-state index is 0.0507. The van der Waals surface area contributed by atoms with E-state index in [2.05, 4.69) is 0 Å². The van der Waals surface area contributed by atoms with Crippen molar-refractivity contribution in [2.24, 2.45) is 0 Å². The SMILES string of the molecule is COC(=O)c1c(C=C2C(=O)C=Cc3ccccc32)c(O)n(C(C)C)c1C. The number of fused-ring (bicyclic) bond motifs is 1. The van der Waals surface area contributed by atoms with Crippen molar-refractivity contribution in [1.82, 2.24) is 4.57 Å². The van der Waals surface area contributed by atoms with Crippen molar-refractivity contribution in [3.05, 3.63) is 58.3 Å². The molecule has 0 bridgehead atoms. The Hall–Kier alpha value is -3.08. The molecule has 1 aromatic carbocycles. The van der Waals surface area contributed by atoms with Crippen molar-refractivity contribution < 1.29 is 19.4 Å². The van der Waals surface area contributed by atoms with Gasteiger partial charge in [0.2, 0.25) is 0 Å². The summed E-state index contributed by atoms with van der Waals surface area (Å²) in [5.41, 5.74) is 3.29. The number of nitrogens with zero attached hydrogens (tertiary/aromatic N) is 1. The fraction of sp³-hybridized carbons (Fsp3) is 0.238. The number of allylic oxidation sites excluding steroid dienone is 2. The number of carbonyl (C=O) groups excluding carboxylic acids is 2. The van der Waals surface area contributed by atoms with Gasteiger partial charge in [-0.2, -0.15) is 0 Å². The van der Waals surface area contributed by atoms with Crippen molar-refractivity contribution in [2.45, 2.75) is 26.8 Å². The van der Waals surface area contributed by atoms with Crippen LogP contribution in [0.2, 0.25) is 0 Å². The molecule has 0 amide bonds. The Morgan fingerprint density at radius 2 is 1.92 bits per heavy atom. The first-order chi connectivity index (χ1) is 12.4. The van der Waals surface area contributed by atoms with Crippen LogP contribution in [0.3, 0.4) is 0 Å². The highest BCUT2D eigenvalue weighted by Gasteiger charge is 2.27. The molecule has 0 fully saturated rings. The topological polar surface area (TPSA) is 68.5 Å². The van der Waals surface area contributed by atoms with Crippen LogP contribution in [0.25, 0.3) is 17.7 Å². The molecule has 0 atom stereocenters. The van der Waals surface area contributed by atoms with Gasteiger partial charge < -0.3 is 14.4 Å². The Balaban J connectivity index is 2.29. The average molecular weight is 351 g/mol. The van der Waals surface area contributed by atoms with Gasteiger partial charge in [0.1, 0.15) is 0 Å². The summed E-state index contributed by atoms with van der Waals surface area (Å²) in [5.74, 6) is -0.768. The number of ether oxygens (including phenoxy) is 1. The number of hydrogen-bond acceptors (Lipinski definition) is 4. The first-order valence-corrected chi connectivity index (χ1v) is 8.42. The van der Waals surface area contributed by atoms with Crippen LogP contribution in [0.1, 0.15) is 52.6 Å². The standard InChI is InChI=1S/C21H21NO4/c1-12(2)22-13(3)19(21(25)26-4)17(20(22)24)11-16-15-8-6-5-7-14(15)9-10-18(16)23/h5-12,24H,1-4H3. The van der Waals surface area contributed by atoms with Crippen LogP contribution >= 0.6 is 0 Å². The number of esters is 1. The van der Waals surface area contributed by atoms with Gasteiger partial charge in [-0.1, -0.05) is 30.3 Å². The molecule has 1 aliphatic rings. The van der Waals surface area contributed by atoms with Crippen LogP contribution in [-0.2, 0) is 9.53 Å². The van der Waals surface area contributed by atoms with Crippen LogP contribution in [0.15, 0.2) is 30.3 Å². The summed E-state index contributed by atoms with van der Waals surface area (Å²) in [6.07, 6.45) is 4.84. The quantitative estimate of drug-likeness (QED) is 0.670. The minimum atomic E-state index is -0.545. The maximum atomic E-state index is 12.5. The molecule has 1 N–H and O–H groups in total. The molecule has 2 aromatic rings. The number of carbonyl (C=O) groups is 2.